The van der Waals surface area contributed by atoms with Crippen molar-refractivity contribution in [3.63, 3.8) is 0 Å². The van der Waals surface area contributed by atoms with Crippen molar-refractivity contribution in [1.82, 2.24) is 0 Å². The van der Waals surface area contributed by atoms with Crippen LogP contribution in [-0.4, -0.2) is 29.8 Å². The molecular formula is C7H7F3O4. The molecule has 7 heteroatoms. The molecule has 0 amide bonds. The molecule has 0 bridgehead atoms. The van der Waals surface area contributed by atoms with Gasteiger partial charge in [0.1, 0.15) is 5.57 Å². The van der Waals surface area contributed by atoms with Gasteiger partial charge in [0.25, 0.3) is 0 Å². The highest BCUT2D eigenvalue weighted by molar-refractivity contribution is 5.96. The zero-order valence-corrected chi connectivity index (χ0v) is 7.09. The van der Waals surface area contributed by atoms with Gasteiger partial charge in [-0.15, -0.1) is 0 Å². The highest BCUT2D eigenvalue weighted by Gasteiger charge is 2.40. The third kappa shape index (κ3) is 3.92. The predicted molar refractivity (Wildman–Crippen MR) is 38.4 cm³/mol. The number of esters is 1. The molecule has 0 saturated heterocycles. The fourth-order valence-electron chi connectivity index (χ4n) is 0.589. The summed E-state index contributed by atoms with van der Waals surface area (Å²) in [6.07, 6.45) is -5.25. The van der Waals surface area contributed by atoms with Gasteiger partial charge in [0.2, 0.25) is 0 Å². The maximum atomic E-state index is 12.0. The van der Waals surface area contributed by atoms with Crippen LogP contribution >= 0.6 is 0 Å². The first kappa shape index (κ1) is 12.5. The molecule has 0 radical (unpaired) electrons. The van der Waals surface area contributed by atoms with Crippen molar-refractivity contribution in [2.24, 2.45) is 0 Å². The molecule has 0 atom stereocenters. The summed E-state index contributed by atoms with van der Waals surface area (Å²) in [5, 5.41) is 8.08. The first-order valence-electron chi connectivity index (χ1n) is 3.48. The molecule has 4 nitrogen and oxygen atoms in total. The number of rotatable bonds is 3. The molecule has 0 saturated carbocycles. The third-order valence-electron chi connectivity index (χ3n) is 1.07. The van der Waals surface area contributed by atoms with E-state index in [9.17, 15) is 22.8 Å². The van der Waals surface area contributed by atoms with Crippen LogP contribution in [0.3, 0.4) is 0 Å². The number of carboxylic acids is 1. The zero-order chi connectivity index (χ0) is 11.4. The predicted octanol–water partition coefficient (Wildman–Crippen LogP) is 1.12. The van der Waals surface area contributed by atoms with Crippen molar-refractivity contribution in [3.8, 4) is 0 Å². The molecule has 0 spiro atoms. The molecule has 0 heterocycles. The average Bonchev–Trinajstić information content (AvgIpc) is 1.98. The largest absolute Gasteiger partial charge is 0.478 e. The highest BCUT2D eigenvalue weighted by atomic mass is 19.4. The van der Waals surface area contributed by atoms with Gasteiger partial charge in [-0.25, -0.2) is 9.59 Å². The Morgan fingerprint density at radius 2 is 1.93 bits per heavy atom. The van der Waals surface area contributed by atoms with Gasteiger partial charge in [-0.3, -0.25) is 0 Å². The van der Waals surface area contributed by atoms with Gasteiger partial charge in [-0.1, -0.05) is 0 Å². The van der Waals surface area contributed by atoms with E-state index in [4.69, 9.17) is 5.11 Å². The number of hydrogen-bond donors (Lipinski definition) is 1. The second kappa shape index (κ2) is 4.64. The van der Waals surface area contributed by atoms with Gasteiger partial charge >= 0.3 is 18.1 Å². The fourth-order valence-corrected chi connectivity index (χ4v) is 0.589. The molecule has 0 aliphatic carbocycles. The second-order valence-corrected chi connectivity index (χ2v) is 2.11. The van der Waals surface area contributed by atoms with Crippen molar-refractivity contribution in [2.75, 3.05) is 6.61 Å². The van der Waals surface area contributed by atoms with Crippen LogP contribution in [0.1, 0.15) is 6.92 Å². The normalized spacial score (nSPS) is 12.4. The van der Waals surface area contributed by atoms with E-state index in [1.165, 1.54) is 6.92 Å². The summed E-state index contributed by atoms with van der Waals surface area (Å²) in [4.78, 5) is 20.6. The van der Waals surface area contributed by atoms with Crippen LogP contribution in [0.2, 0.25) is 0 Å². The lowest BCUT2D eigenvalue weighted by Gasteiger charge is -2.09. The molecule has 0 aliphatic rings. The van der Waals surface area contributed by atoms with Crippen LogP contribution in [0, 0.1) is 0 Å². The number of carbonyl (C=O) groups is 2. The summed E-state index contributed by atoms with van der Waals surface area (Å²) >= 11 is 0. The Bertz CT molecular complexity index is 267. The van der Waals surface area contributed by atoms with Crippen LogP contribution in [-0.2, 0) is 14.3 Å². The van der Waals surface area contributed by atoms with Gasteiger partial charge < -0.3 is 9.84 Å². The Morgan fingerprint density at radius 3 is 2.21 bits per heavy atom. The van der Waals surface area contributed by atoms with E-state index < -0.39 is 23.7 Å². The van der Waals surface area contributed by atoms with Crippen LogP contribution in [0.15, 0.2) is 11.6 Å². The molecule has 0 rings (SSSR count). The van der Waals surface area contributed by atoms with Crippen LogP contribution in [0.25, 0.3) is 0 Å². The lowest BCUT2D eigenvalue weighted by atomic mass is 10.2. The van der Waals surface area contributed by atoms with Crippen LogP contribution in [0.4, 0.5) is 13.2 Å². The van der Waals surface area contributed by atoms with E-state index in [2.05, 4.69) is 4.74 Å². The standard InChI is InChI=1S/C7H7F3O4/c1-2-14-6(13)4(3-5(11)12)7(8,9)10/h3H,2H2,1H3,(H,11,12)/b4-3+. The van der Waals surface area contributed by atoms with Crippen molar-refractivity contribution >= 4 is 11.9 Å². The Hall–Kier alpha value is -1.53. The molecule has 1 N–H and O–H groups in total. The minimum Gasteiger partial charge on any atom is -0.478 e. The summed E-state index contributed by atoms with van der Waals surface area (Å²) in [6, 6.07) is 0. The van der Waals surface area contributed by atoms with Gasteiger partial charge in [-0.2, -0.15) is 13.2 Å². The van der Waals surface area contributed by atoms with E-state index in [1.54, 1.807) is 0 Å². The lowest BCUT2D eigenvalue weighted by molar-refractivity contribution is -0.151. The molecule has 0 aromatic carbocycles. The number of ether oxygens (including phenoxy) is 1. The zero-order valence-electron chi connectivity index (χ0n) is 7.09. The molecule has 0 unspecified atom stereocenters. The molecule has 0 aromatic heterocycles. The van der Waals surface area contributed by atoms with Crippen molar-refractivity contribution in [3.05, 3.63) is 11.6 Å². The molecule has 0 fully saturated rings. The number of carbonyl (C=O) groups excluding carboxylic acids is 1. The summed E-state index contributed by atoms with van der Waals surface area (Å²) in [5.74, 6) is -3.55. The number of halogens is 3. The first-order valence-corrected chi connectivity index (χ1v) is 3.48. The minimum atomic E-state index is -5.02. The topological polar surface area (TPSA) is 63.6 Å². The van der Waals surface area contributed by atoms with E-state index in [0.717, 1.165) is 0 Å². The molecule has 80 valence electrons. The lowest BCUT2D eigenvalue weighted by Crippen LogP contribution is -2.23. The van der Waals surface area contributed by atoms with Crippen LogP contribution < -0.4 is 0 Å². The Kier molecular flexibility index (Phi) is 4.13. The van der Waals surface area contributed by atoms with E-state index in [-0.39, 0.29) is 12.7 Å². The molecule has 0 aliphatic heterocycles. The van der Waals surface area contributed by atoms with E-state index in [0.29, 0.717) is 0 Å². The van der Waals surface area contributed by atoms with Crippen molar-refractivity contribution in [2.45, 2.75) is 13.1 Å². The number of alkyl halides is 3. The summed E-state index contributed by atoms with van der Waals surface area (Å²) < 4.78 is 40.1. The fraction of sp³-hybridized carbons (Fsp3) is 0.429. The maximum Gasteiger partial charge on any atom is 0.423 e. The van der Waals surface area contributed by atoms with Crippen molar-refractivity contribution < 1.29 is 32.6 Å². The van der Waals surface area contributed by atoms with Gasteiger partial charge in [-0.05, 0) is 6.92 Å². The van der Waals surface area contributed by atoms with Crippen molar-refractivity contribution in [1.29, 1.82) is 0 Å². The Morgan fingerprint density at radius 1 is 1.43 bits per heavy atom. The molecule has 0 aromatic rings. The molecular weight excluding hydrogens is 205 g/mol. The monoisotopic (exact) mass is 212 g/mol. The number of carboxylic acid groups (broad SMARTS) is 1. The number of aliphatic carboxylic acids is 1. The van der Waals surface area contributed by atoms with E-state index >= 15 is 0 Å². The summed E-state index contributed by atoms with van der Waals surface area (Å²) in [7, 11) is 0. The maximum absolute atomic E-state index is 12.0. The second-order valence-electron chi connectivity index (χ2n) is 2.11. The van der Waals surface area contributed by atoms with Gasteiger partial charge in [0, 0.05) is 6.08 Å². The van der Waals surface area contributed by atoms with Crippen LogP contribution in [0.5, 0.6) is 0 Å². The minimum absolute atomic E-state index is 0.224. The Labute approximate surface area is 77.0 Å². The van der Waals surface area contributed by atoms with E-state index in [1.807, 2.05) is 0 Å². The smallest absolute Gasteiger partial charge is 0.423 e. The Balaban J connectivity index is 4.93. The number of hydrogen-bond acceptors (Lipinski definition) is 3. The first-order chi connectivity index (χ1) is 6.29. The summed E-state index contributed by atoms with van der Waals surface area (Å²) in [6.45, 7) is 1.05. The van der Waals surface area contributed by atoms with Gasteiger partial charge in [0.05, 0.1) is 6.61 Å². The quantitative estimate of drug-likeness (QED) is 0.562. The SMILES string of the molecule is CCOC(=O)/C(=C\C(=O)O)C(F)(F)F. The highest BCUT2D eigenvalue weighted by Crippen LogP contribution is 2.26. The summed E-state index contributed by atoms with van der Waals surface area (Å²) in [5.41, 5.74) is -1.83. The average molecular weight is 212 g/mol. The molecule has 14 heavy (non-hydrogen) atoms. The third-order valence-corrected chi connectivity index (χ3v) is 1.07. The van der Waals surface area contributed by atoms with Gasteiger partial charge in [0.15, 0.2) is 0 Å².